The second-order valence-corrected chi connectivity index (χ2v) is 17.0. The average Bonchev–Trinajstić information content (AvgIpc) is 3.62. The lowest BCUT2D eigenvalue weighted by Crippen LogP contribution is -2.12. The Labute approximate surface area is 346 Å². The number of nitrogens with zero attached hydrogens (tertiary/aromatic N) is 3. The molecule has 0 spiro atoms. The van der Waals surface area contributed by atoms with Crippen LogP contribution in [0.3, 0.4) is 0 Å². The number of hydrogen-bond acceptors (Lipinski definition) is 3. The molecule has 284 valence electrons. The Morgan fingerprint density at radius 2 is 1.26 bits per heavy atom. The monoisotopic (exact) mass is 751 g/mol. The molecule has 2 aromatic heterocycles. The Balaban J connectivity index is 1.40. The predicted molar refractivity (Wildman–Crippen MR) is 239 cm³/mol. The van der Waals surface area contributed by atoms with E-state index in [0.29, 0.717) is 22.5 Å². The van der Waals surface area contributed by atoms with E-state index in [1.54, 1.807) is 30.5 Å². The molecule has 2 heterocycles. The summed E-state index contributed by atoms with van der Waals surface area (Å²) in [5.41, 5.74) is 12.5. The van der Waals surface area contributed by atoms with E-state index in [1.807, 2.05) is 91.9 Å². The first-order chi connectivity index (χ1) is 29.6. The lowest BCUT2D eigenvalue weighted by Gasteiger charge is -2.22. The standard InChI is InChI=1S/C53H51N3O/c1-33-18-21-36(22-19-33)38-24-25-54-46(31-38)40-28-39(29-42(30-40)53(7,8)9)43-16-13-17-48-49(43)55-51(45-32-41(52(4,5)6)27-35(3)50(45)57)56(48)47-23-20-34(2)26-44(47)37-14-11-10-12-15-37/h10-32,57H,1-9H3/i1D3,2D3. The van der Waals surface area contributed by atoms with Gasteiger partial charge in [0, 0.05) is 31.1 Å². The molecule has 4 heteroatoms. The molecular formula is C53H51N3O. The third-order valence-corrected chi connectivity index (χ3v) is 10.8. The summed E-state index contributed by atoms with van der Waals surface area (Å²) in [7, 11) is 0. The van der Waals surface area contributed by atoms with Gasteiger partial charge in [0.1, 0.15) is 11.6 Å². The number of fused-ring (bicyclic) bond motifs is 1. The van der Waals surface area contributed by atoms with Crippen LogP contribution in [0.5, 0.6) is 5.75 Å². The molecule has 0 amide bonds. The molecule has 6 aromatic carbocycles. The topological polar surface area (TPSA) is 50.9 Å². The zero-order valence-electron chi connectivity index (χ0n) is 39.6. The number of phenols is 1. The molecule has 0 aliphatic carbocycles. The molecule has 8 aromatic rings. The molecule has 0 atom stereocenters. The second kappa shape index (κ2) is 14.4. The predicted octanol–water partition coefficient (Wildman–Crippen LogP) is 14.0. The number of pyridine rings is 1. The summed E-state index contributed by atoms with van der Waals surface area (Å²) in [5, 5.41) is 11.9. The van der Waals surface area contributed by atoms with Gasteiger partial charge in [0.2, 0.25) is 0 Å². The Morgan fingerprint density at radius 3 is 1.98 bits per heavy atom. The van der Waals surface area contributed by atoms with Crippen LogP contribution >= 0.6 is 0 Å². The lowest BCUT2D eigenvalue weighted by molar-refractivity contribution is 0.471. The summed E-state index contributed by atoms with van der Waals surface area (Å²) in [5.74, 6) is 0.645. The summed E-state index contributed by atoms with van der Waals surface area (Å²) in [6.45, 7) is 10.4. The van der Waals surface area contributed by atoms with Crippen LogP contribution in [-0.4, -0.2) is 19.6 Å². The largest absolute Gasteiger partial charge is 0.507 e. The maximum Gasteiger partial charge on any atom is 0.149 e. The van der Waals surface area contributed by atoms with Gasteiger partial charge >= 0.3 is 0 Å². The molecule has 0 fully saturated rings. The van der Waals surface area contributed by atoms with Gasteiger partial charge in [-0.15, -0.1) is 0 Å². The first-order valence-electron chi connectivity index (χ1n) is 22.4. The van der Waals surface area contributed by atoms with Gasteiger partial charge in [-0.05, 0) is 119 Å². The van der Waals surface area contributed by atoms with Crippen molar-refractivity contribution in [2.75, 3.05) is 0 Å². The van der Waals surface area contributed by atoms with Crippen molar-refractivity contribution < 1.29 is 13.3 Å². The second-order valence-electron chi connectivity index (χ2n) is 17.0. The molecule has 0 saturated carbocycles. The molecular weight excluding hydrogens is 695 g/mol. The van der Waals surface area contributed by atoms with E-state index in [-0.39, 0.29) is 22.1 Å². The van der Waals surface area contributed by atoms with Crippen LogP contribution in [-0.2, 0) is 10.8 Å². The number of imidazole rings is 1. The van der Waals surface area contributed by atoms with Crippen molar-refractivity contribution in [1.29, 1.82) is 0 Å². The number of phenolic OH excluding ortho intramolecular Hbond substituents is 1. The molecule has 0 aliphatic heterocycles. The highest BCUT2D eigenvalue weighted by molar-refractivity contribution is 5.98. The Hall–Kier alpha value is -6.26. The number of aromatic nitrogens is 3. The Morgan fingerprint density at radius 1 is 0.561 bits per heavy atom. The highest BCUT2D eigenvalue weighted by Gasteiger charge is 2.26. The highest BCUT2D eigenvalue weighted by atomic mass is 16.3. The van der Waals surface area contributed by atoms with Gasteiger partial charge in [0.05, 0.1) is 28.0 Å². The van der Waals surface area contributed by atoms with Crippen molar-refractivity contribution >= 4 is 11.0 Å². The van der Waals surface area contributed by atoms with Crippen molar-refractivity contribution in [1.82, 2.24) is 14.5 Å². The molecule has 0 aliphatic rings. The molecule has 0 bridgehead atoms. The zero-order valence-corrected chi connectivity index (χ0v) is 33.6. The van der Waals surface area contributed by atoms with E-state index in [2.05, 4.69) is 70.4 Å². The van der Waals surface area contributed by atoms with Gasteiger partial charge in [-0.3, -0.25) is 9.55 Å². The van der Waals surface area contributed by atoms with Crippen LogP contribution in [0.15, 0.2) is 140 Å². The number of rotatable bonds is 6. The van der Waals surface area contributed by atoms with Crippen molar-refractivity contribution in [3.8, 4) is 67.5 Å². The van der Waals surface area contributed by atoms with Gasteiger partial charge in [0.15, 0.2) is 0 Å². The number of para-hydroxylation sites is 1. The van der Waals surface area contributed by atoms with Crippen molar-refractivity contribution in [3.63, 3.8) is 0 Å². The summed E-state index contributed by atoms with van der Waals surface area (Å²) in [4.78, 5) is 10.3. The molecule has 4 nitrogen and oxygen atoms in total. The van der Waals surface area contributed by atoms with Crippen LogP contribution < -0.4 is 0 Å². The lowest BCUT2D eigenvalue weighted by atomic mass is 9.83. The summed E-state index contributed by atoms with van der Waals surface area (Å²) < 4.78 is 50.5. The van der Waals surface area contributed by atoms with Crippen LogP contribution in [0.4, 0.5) is 0 Å². The van der Waals surface area contributed by atoms with Crippen LogP contribution in [0, 0.1) is 20.6 Å². The van der Waals surface area contributed by atoms with Crippen molar-refractivity contribution in [3.05, 3.63) is 167 Å². The zero-order chi connectivity index (χ0) is 45.2. The van der Waals surface area contributed by atoms with Gasteiger partial charge in [-0.25, -0.2) is 4.98 Å². The van der Waals surface area contributed by atoms with Crippen LogP contribution in [0.1, 0.15) is 77.6 Å². The van der Waals surface area contributed by atoms with E-state index in [9.17, 15) is 5.11 Å². The quantitative estimate of drug-likeness (QED) is 0.184. The third-order valence-electron chi connectivity index (χ3n) is 10.8. The fourth-order valence-corrected chi connectivity index (χ4v) is 7.51. The maximum atomic E-state index is 11.9. The van der Waals surface area contributed by atoms with E-state index in [4.69, 9.17) is 18.2 Å². The number of hydrogen-bond donors (Lipinski definition) is 1. The van der Waals surface area contributed by atoms with E-state index >= 15 is 0 Å². The van der Waals surface area contributed by atoms with Gasteiger partial charge < -0.3 is 5.11 Å². The number of aryl methyl sites for hydroxylation is 3. The highest BCUT2D eigenvalue weighted by Crippen LogP contribution is 2.43. The number of aromatic hydroxyl groups is 1. The minimum Gasteiger partial charge on any atom is -0.507 e. The normalized spacial score (nSPS) is 14.0. The third kappa shape index (κ3) is 7.29. The van der Waals surface area contributed by atoms with Gasteiger partial charge in [0.25, 0.3) is 0 Å². The smallest absolute Gasteiger partial charge is 0.149 e. The first kappa shape index (κ1) is 30.9. The molecule has 57 heavy (non-hydrogen) atoms. The average molecular weight is 752 g/mol. The SMILES string of the molecule is [2H]C([2H])([2H])c1ccc(-c2ccnc(-c3cc(-c4cccc5c4nc(-c4cc(C(C)(C)C)cc(C)c4O)n5-c4ccc(C([2H])([2H])[2H])cc4-c4ccccc4)cc(C(C)(C)C)c3)c2)cc1. The molecule has 0 radical (unpaired) electrons. The Kier molecular flexibility index (Phi) is 7.78. The van der Waals surface area contributed by atoms with E-state index < -0.39 is 13.7 Å². The number of benzene rings is 6. The molecule has 1 N–H and O–H groups in total. The van der Waals surface area contributed by atoms with Crippen molar-refractivity contribution in [2.45, 2.75) is 73.0 Å². The fraction of sp³-hybridized carbons (Fsp3) is 0.208. The Bertz CT molecular complexity index is 3000. The van der Waals surface area contributed by atoms with Gasteiger partial charge in [-0.2, -0.15) is 0 Å². The molecule has 0 unspecified atom stereocenters. The minimum atomic E-state index is -2.33. The van der Waals surface area contributed by atoms with Crippen LogP contribution in [0.2, 0.25) is 0 Å². The van der Waals surface area contributed by atoms with Gasteiger partial charge in [-0.1, -0.05) is 138 Å². The summed E-state index contributed by atoms with van der Waals surface area (Å²) >= 11 is 0. The minimum absolute atomic E-state index is 0.123. The molecule has 0 saturated heterocycles. The van der Waals surface area contributed by atoms with Crippen molar-refractivity contribution in [2.24, 2.45) is 0 Å². The van der Waals surface area contributed by atoms with E-state index in [0.717, 1.165) is 72.5 Å². The van der Waals surface area contributed by atoms with Crippen LogP contribution in [0.25, 0.3) is 72.7 Å². The molecule has 8 rings (SSSR count). The maximum absolute atomic E-state index is 11.9. The van der Waals surface area contributed by atoms with E-state index in [1.165, 1.54) is 0 Å². The summed E-state index contributed by atoms with van der Waals surface area (Å²) in [6.07, 6.45) is 1.78. The first-order valence-corrected chi connectivity index (χ1v) is 19.4. The fourth-order valence-electron chi connectivity index (χ4n) is 7.51. The summed E-state index contributed by atoms with van der Waals surface area (Å²) in [6, 6.07) is 42.6.